The molecule has 4 fully saturated rings. The Hall–Kier alpha value is -1.16. The topological polar surface area (TPSA) is 63.6 Å². The summed E-state index contributed by atoms with van der Waals surface area (Å²) in [6.45, 7) is 11.5. The third-order valence-electron chi connectivity index (χ3n) is 10.6. The molecular formula is C28H44O4. The molecule has 4 heteroatoms. The molecule has 0 saturated heterocycles. The van der Waals surface area contributed by atoms with Crippen molar-refractivity contribution in [2.45, 2.75) is 98.5 Å². The molecule has 0 unspecified atom stereocenters. The highest BCUT2D eigenvalue weighted by Crippen LogP contribution is 2.68. The number of hydrogen-bond donors (Lipinski definition) is 1. The summed E-state index contributed by atoms with van der Waals surface area (Å²) in [7, 11) is 0. The summed E-state index contributed by atoms with van der Waals surface area (Å²) in [6.07, 6.45) is 10.5. The maximum atomic E-state index is 13.9. The smallest absolute Gasteiger partial charge is 0.305 e. The fourth-order valence-corrected chi connectivity index (χ4v) is 8.94. The Kier molecular flexibility index (Phi) is 6.66. The van der Waals surface area contributed by atoms with Crippen molar-refractivity contribution in [1.82, 2.24) is 0 Å². The lowest BCUT2D eigenvalue weighted by molar-refractivity contribution is -0.150. The summed E-state index contributed by atoms with van der Waals surface area (Å²) in [5, 5.41) is 10.4. The van der Waals surface area contributed by atoms with Gasteiger partial charge in [0.1, 0.15) is 0 Å². The Morgan fingerprint density at radius 2 is 1.84 bits per heavy atom. The molecule has 0 amide bonds. The molecule has 0 bridgehead atoms. The molecule has 0 spiro atoms. The summed E-state index contributed by atoms with van der Waals surface area (Å²) >= 11 is 0. The minimum absolute atomic E-state index is 0.0820. The second-order valence-electron chi connectivity index (χ2n) is 11.9. The molecule has 9 atom stereocenters. The SMILES string of the molecule is CC=C1C(=O)[C@@H]2[C@H](CC[C@]3(C)[C@@H]([C@H](C)CCC(=O)OCC)CC[C@@H]23)[C@@]2(C)CC[C@@H](O)C[C@@H]12. The number of fused-ring (bicyclic) bond motifs is 5. The van der Waals surface area contributed by atoms with Crippen LogP contribution in [0.25, 0.3) is 0 Å². The normalized spacial score (nSPS) is 45.7. The average Bonchev–Trinajstić information content (AvgIpc) is 3.11. The van der Waals surface area contributed by atoms with E-state index < -0.39 is 0 Å². The van der Waals surface area contributed by atoms with E-state index in [9.17, 15) is 14.7 Å². The number of esters is 1. The van der Waals surface area contributed by atoms with Gasteiger partial charge in [-0.1, -0.05) is 26.8 Å². The highest BCUT2D eigenvalue weighted by atomic mass is 16.5. The van der Waals surface area contributed by atoms with Gasteiger partial charge < -0.3 is 9.84 Å². The first-order valence-corrected chi connectivity index (χ1v) is 13.2. The summed E-state index contributed by atoms with van der Waals surface area (Å²) < 4.78 is 5.16. The Balaban J connectivity index is 1.57. The quantitative estimate of drug-likeness (QED) is 0.435. The second kappa shape index (κ2) is 8.89. The van der Waals surface area contributed by atoms with Crippen molar-refractivity contribution in [3.05, 3.63) is 11.6 Å². The number of Topliss-reactive ketones (excluding diaryl/α,β-unsaturated/α-hetero) is 1. The maximum absolute atomic E-state index is 13.9. The number of aliphatic hydroxyl groups is 1. The Morgan fingerprint density at radius 3 is 2.53 bits per heavy atom. The predicted octanol–water partition coefficient (Wildman–Crippen LogP) is 5.72. The number of ketones is 1. The minimum Gasteiger partial charge on any atom is -0.466 e. The van der Waals surface area contributed by atoms with E-state index in [1.807, 2.05) is 13.8 Å². The first-order chi connectivity index (χ1) is 15.2. The Bertz CT molecular complexity index is 771. The van der Waals surface area contributed by atoms with Crippen molar-refractivity contribution in [3.63, 3.8) is 0 Å². The fourth-order valence-electron chi connectivity index (χ4n) is 8.94. The first kappa shape index (κ1) is 24.0. The number of allylic oxidation sites excluding steroid dienone is 2. The largest absolute Gasteiger partial charge is 0.466 e. The zero-order valence-corrected chi connectivity index (χ0v) is 20.9. The molecule has 0 aliphatic heterocycles. The van der Waals surface area contributed by atoms with Crippen LogP contribution in [-0.4, -0.2) is 29.6 Å². The van der Waals surface area contributed by atoms with Gasteiger partial charge in [0.15, 0.2) is 5.78 Å². The number of aliphatic hydroxyl groups excluding tert-OH is 1. The van der Waals surface area contributed by atoms with Crippen LogP contribution in [0.4, 0.5) is 0 Å². The third-order valence-corrected chi connectivity index (χ3v) is 10.6. The van der Waals surface area contributed by atoms with Gasteiger partial charge in [-0.15, -0.1) is 0 Å². The molecule has 4 aliphatic carbocycles. The van der Waals surface area contributed by atoms with Crippen LogP contribution < -0.4 is 0 Å². The molecule has 0 aromatic heterocycles. The van der Waals surface area contributed by atoms with Gasteiger partial charge in [-0.2, -0.15) is 0 Å². The number of carbonyl (C=O) groups excluding carboxylic acids is 2. The molecule has 0 heterocycles. The van der Waals surface area contributed by atoms with Gasteiger partial charge in [0, 0.05) is 12.3 Å². The van der Waals surface area contributed by atoms with Gasteiger partial charge in [0.25, 0.3) is 0 Å². The van der Waals surface area contributed by atoms with Crippen LogP contribution in [0.5, 0.6) is 0 Å². The van der Waals surface area contributed by atoms with Gasteiger partial charge in [0.05, 0.1) is 12.7 Å². The Labute approximate surface area is 194 Å². The lowest BCUT2D eigenvalue weighted by Gasteiger charge is -2.61. The number of carbonyl (C=O) groups is 2. The number of hydrogen-bond acceptors (Lipinski definition) is 4. The van der Waals surface area contributed by atoms with E-state index in [1.54, 1.807) is 0 Å². The van der Waals surface area contributed by atoms with Crippen LogP contribution in [0.1, 0.15) is 92.4 Å². The third kappa shape index (κ3) is 3.69. The number of rotatable bonds is 5. The first-order valence-electron chi connectivity index (χ1n) is 13.2. The number of ether oxygens (including phenoxy) is 1. The van der Waals surface area contributed by atoms with E-state index in [-0.39, 0.29) is 34.7 Å². The van der Waals surface area contributed by atoms with Gasteiger partial charge >= 0.3 is 5.97 Å². The zero-order chi connectivity index (χ0) is 23.3. The van der Waals surface area contributed by atoms with Gasteiger partial charge in [0.2, 0.25) is 0 Å². The lowest BCUT2D eigenvalue weighted by Crippen LogP contribution is -2.58. The monoisotopic (exact) mass is 444 g/mol. The van der Waals surface area contributed by atoms with Crippen molar-refractivity contribution < 1.29 is 19.4 Å². The van der Waals surface area contributed by atoms with Gasteiger partial charge in [-0.25, -0.2) is 0 Å². The van der Waals surface area contributed by atoms with E-state index in [4.69, 9.17) is 4.74 Å². The average molecular weight is 445 g/mol. The van der Waals surface area contributed by atoms with Crippen LogP contribution >= 0.6 is 0 Å². The lowest BCUT2D eigenvalue weighted by atomic mass is 9.43. The molecule has 4 saturated carbocycles. The summed E-state index contributed by atoms with van der Waals surface area (Å²) in [5.41, 5.74) is 1.32. The van der Waals surface area contributed by atoms with E-state index >= 15 is 0 Å². The van der Waals surface area contributed by atoms with E-state index in [2.05, 4.69) is 26.8 Å². The summed E-state index contributed by atoms with van der Waals surface area (Å²) in [4.78, 5) is 25.9. The predicted molar refractivity (Wildman–Crippen MR) is 126 cm³/mol. The second-order valence-corrected chi connectivity index (χ2v) is 11.9. The molecule has 4 rings (SSSR count). The molecule has 32 heavy (non-hydrogen) atoms. The van der Waals surface area contributed by atoms with E-state index in [1.165, 1.54) is 12.8 Å². The Morgan fingerprint density at radius 1 is 1.16 bits per heavy atom. The van der Waals surface area contributed by atoms with Crippen LogP contribution in [0, 0.1) is 46.3 Å². The van der Waals surface area contributed by atoms with Gasteiger partial charge in [-0.05, 0) is 111 Å². The highest BCUT2D eigenvalue weighted by Gasteiger charge is 2.64. The molecule has 0 radical (unpaired) electrons. The van der Waals surface area contributed by atoms with E-state index in [0.29, 0.717) is 42.5 Å². The van der Waals surface area contributed by atoms with Crippen molar-refractivity contribution in [3.8, 4) is 0 Å². The molecule has 0 aromatic carbocycles. The van der Waals surface area contributed by atoms with Crippen LogP contribution in [0.3, 0.4) is 0 Å². The molecule has 4 nitrogen and oxygen atoms in total. The standard InChI is InChI=1S/C28H44O4/c1-6-19-23-16-18(29)12-14-28(23,5)22-13-15-27(4)20(9-10-21(27)25(22)26(19)31)17(3)8-11-24(30)32-7-2/h6,17-18,20-23,25,29H,7-16H2,1-5H3/t17-,18-,20-,21+,22+,23+,25+,27-,28-/m1/s1. The van der Waals surface area contributed by atoms with Crippen LogP contribution in [0.15, 0.2) is 11.6 Å². The maximum Gasteiger partial charge on any atom is 0.305 e. The summed E-state index contributed by atoms with van der Waals surface area (Å²) in [6, 6.07) is 0. The molecule has 4 aliphatic rings. The fraction of sp³-hybridized carbons (Fsp3) is 0.857. The molecular weight excluding hydrogens is 400 g/mol. The zero-order valence-electron chi connectivity index (χ0n) is 20.9. The molecule has 0 aromatic rings. The summed E-state index contributed by atoms with van der Waals surface area (Å²) in [5.74, 6) is 2.61. The molecule has 180 valence electrons. The van der Waals surface area contributed by atoms with Gasteiger partial charge in [-0.3, -0.25) is 9.59 Å². The van der Waals surface area contributed by atoms with Crippen molar-refractivity contribution >= 4 is 11.8 Å². The highest BCUT2D eigenvalue weighted by molar-refractivity contribution is 5.99. The van der Waals surface area contributed by atoms with E-state index in [0.717, 1.165) is 44.1 Å². The molecule has 1 N–H and O–H groups in total. The minimum atomic E-state index is -0.266. The van der Waals surface area contributed by atoms with Crippen molar-refractivity contribution in [2.24, 2.45) is 46.3 Å². The van der Waals surface area contributed by atoms with Crippen molar-refractivity contribution in [2.75, 3.05) is 6.61 Å². The van der Waals surface area contributed by atoms with Crippen LogP contribution in [-0.2, 0) is 14.3 Å². The van der Waals surface area contributed by atoms with Crippen molar-refractivity contribution in [1.29, 1.82) is 0 Å². The van der Waals surface area contributed by atoms with Crippen LogP contribution in [0.2, 0.25) is 0 Å².